The minimum Gasteiger partial charge on any atom is -0.475 e. The van der Waals surface area contributed by atoms with Crippen LogP contribution >= 0.6 is 0 Å². The molecule has 0 saturated carbocycles. The molecule has 0 bridgehead atoms. The Balaban J connectivity index is 2.43. The predicted molar refractivity (Wildman–Crippen MR) is 46.4 cm³/mol. The van der Waals surface area contributed by atoms with Crippen LogP contribution < -0.4 is 4.74 Å². The number of hydrogen-bond acceptors (Lipinski definition) is 2. The van der Waals surface area contributed by atoms with Gasteiger partial charge in [-0.3, -0.25) is 0 Å². The highest BCUT2D eigenvalue weighted by atomic mass is 16.5. The maximum atomic E-state index is 5.67. The summed E-state index contributed by atoms with van der Waals surface area (Å²) in [6.07, 6.45) is 3.24. The Morgan fingerprint density at radius 2 is 2.33 bits per heavy atom. The summed E-state index contributed by atoms with van der Waals surface area (Å²) in [6.45, 7) is 6.31. The van der Waals surface area contributed by atoms with Crippen LogP contribution in [0.5, 0.6) is 5.88 Å². The largest absolute Gasteiger partial charge is 0.475 e. The Morgan fingerprint density at radius 3 is 3.08 bits per heavy atom. The third kappa shape index (κ3) is 1.00. The summed E-state index contributed by atoms with van der Waals surface area (Å²) in [5.74, 6) is 0.946. The number of nitrogens with zero attached hydrogens (tertiary/aromatic N) is 2. The molecular formula is C9H14N2O. The molecular weight excluding hydrogens is 152 g/mol. The number of aromatic nitrogens is 2. The van der Waals surface area contributed by atoms with Crippen LogP contribution in [-0.4, -0.2) is 15.9 Å². The fraction of sp³-hybridized carbons (Fsp3) is 0.667. The maximum Gasteiger partial charge on any atom is 0.215 e. The highest BCUT2D eigenvalue weighted by Gasteiger charge is 2.24. The van der Waals surface area contributed by atoms with Crippen molar-refractivity contribution in [3.05, 3.63) is 11.8 Å². The first-order valence-corrected chi connectivity index (χ1v) is 4.39. The van der Waals surface area contributed by atoms with Gasteiger partial charge < -0.3 is 4.74 Å². The van der Waals surface area contributed by atoms with E-state index >= 15 is 0 Å². The Morgan fingerprint density at radius 1 is 1.58 bits per heavy atom. The summed E-state index contributed by atoms with van der Waals surface area (Å²) < 4.78 is 7.64. The molecule has 2 heterocycles. The molecule has 0 spiro atoms. The van der Waals surface area contributed by atoms with E-state index in [2.05, 4.69) is 18.9 Å². The van der Waals surface area contributed by atoms with Crippen molar-refractivity contribution < 1.29 is 4.74 Å². The second-order valence-corrected chi connectivity index (χ2v) is 3.59. The van der Waals surface area contributed by atoms with Gasteiger partial charge in [-0.15, -0.1) is 0 Å². The van der Waals surface area contributed by atoms with Crippen LogP contribution in [0.2, 0.25) is 0 Å². The zero-order chi connectivity index (χ0) is 8.72. The molecule has 0 aromatic carbocycles. The SMILES string of the molecule is Cc1cnn2c1OC(C)CC2C. The van der Waals surface area contributed by atoms with Crippen LogP contribution in [0.3, 0.4) is 0 Å². The minimum atomic E-state index is 0.322. The highest BCUT2D eigenvalue weighted by Crippen LogP contribution is 2.30. The summed E-state index contributed by atoms with van der Waals surface area (Å²) in [6, 6.07) is 0.470. The van der Waals surface area contributed by atoms with Gasteiger partial charge in [-0.2, -0.15) is 5.10 Å². The molecule has 2 rings (SSSR count). The van der Waals surface area contributed by atoms with E-state index in [0.29, 0.717) is 12.1 Å². The van der Waals surface area contributed by atoms with Gasteiger partial charge in [-0.1, -0.05) is 0 Å². The normalized spacial score (nSPS) is 27.9. The van der Waals surface area contributed by atoms with Gasteiger partial charge in [0.25, 0.3) is 0 Å². The van der Waals surface area contributed by atoms with E-state index in [-0.39, 0.29) is 0 Å². The number of hydrogen-bond donors (Lipinski definition) is 0. The van der Waals surface area contributed by atoms with E-state index in [0.717, 1.165) is 17.9 Å². The van der Waals surface area contributed by atoms with Gasteiger partial charge >= 0.3 is 0 Å². The van der Waals surface area contributed by atoms with Gasteiger partial charge in [0.2, 0.25) is 5.88 Å². The van der Waals surface area contributed by atoms with Crippen molar-refractivity contribution in [1.82, 2.24) is 9.78 Å². The third-order valence-electron chi connectivity index (χ3n) is 2.32. The van der Waals surface area contributed by atoms with Gasteiger partial charge in [-0.25, -0.2) is 4.68 Å². The molecule has 0 aliphatic carbocycles. The van der Waals surface area contributed by atoms with E-state index in [9.17, 15) is 0 Å². The molecule has 0 amide bonds. The molecule has 12 heavy (non-hydrogen) atoms. The van der Waals surface area contributed by atoms with Gasteiger partial charge in [0.15, 0.2) is 0 Å². The molecule has 1 aliphatic rings. The highest BCUT2D eigenvalue weighted by molar-refractivity contribution is 5.24. The van der Waals surface area contributed by atoms with Crippen molar-refractivity contribution >= 4 is 0 Å². The fourth-order valence-electron chi connectivity index (χ4n) is 1.72. The first-order chi connectivity index (χ1) is 5.68. The summed E-state index contributed by atoms with van der Waals surface area (Å²) >= 11 is 0. The Labute approximate surface area is 72.3 Å². The van der Waals surface area contributed by atoms with Gasteiger partial charge in [0, 0.05) is 12.0 Å². The lowest BCUT2D eigenvalue weighted by Gasteiger charge is -2.27. The van der Waals surface area contributed by atoms with Crippen LogP contribution in [0.25, 0.3) is 0 Å². The first kappa shape index (κ1) is 7.65. The van der Waals surface area contributed by atoms with Crippen LogP contribution in [0, 0.1) is 6.92 Å². The molecule has 2 unspecified atom stereocenters. The lowest BCUT2D eigenvalue weighted by Crippen LogP contribution is -2.26. The Bertz CT molecular complexity index is 293. The average Bonchev–Trinajstić information content (AvgIpc) is 2.33. The van der Waals surface area contributed by atoms with E-state index in [1.807, 2.05) is 17.8 Å². The second kappa shape index (κ2) is 2.51. The number of ether oxygens (including phenoxy) is 1. The van der Waals surface area contributed by atoms with E-state index < -0.39 is 0 Å². The smallest absolute Gasteiger partial charge is 0.215 e. The molecule has 3 heteroatoms. The average molecular weight is 166 g/mol. The first-order valence-electron chi connectivity index (χ1n) is 4.39. The monoisotopic (exact) mass is 166 g/mol. The summed E-state index contributed by atoms with van der Waals surface area (Å²) in [4.78, 5) is 0. The summed E-state index contributed by atoms with van der Waals surface area (Å²) in [5.41, 5.74) is 1.13. The van der Waals surface area contributed by atoms with Gasteiger partial charge in [0.1, 0.15) is 0 Å². The fourth-order valence-corrected chi connectivity index (χ4v) is 1.72. The molecule has 0 radical (unpaired) electrons. The molecule has 1 aromatic heterocycles. The topological polar surface area (TPSA) is 27.1 Å². The van der Waals surface area contributed by atoms with E-state index in [1.165, 1.54) is 0 Å². The zero-order valence-corrected chi connectivity index (χ0v) is 7.74. The number of aryl methyl sites for hydroxylation is 1. The lowest BCUT2D eigenvalue weighted by molar-refractivity contribution is 0.126. The third-order valence-corrected chi connectivity index (χ3v) is 2.32. The van der Waals surface area contributed by atoms with Crippen molar-refractivity contribution in [3.8, 4) is 5.88 Å². The Hall–Kier alpha value is -0.990. The van der Waals surface area contributed by atoms with Crippen LogP contribution in [0.15, 0.2) is 6.20 Å². The molecule has 0 fully saturated rings. The Kier molecular flexibility index (Phi) is 1.60. The van der Waals surface area contributed by atoms with Crippen molar-refractivity contribution in [2.45, 2.75) is 39.3 Å². The van der Waals surface area contributed by atoms with Crippen LogP contribution in [-0.2, 0) is 0 Å². The second-order valence-electron chi connectivity index (χ2n) is 3.59. The lowest BCUT2D eigenvalue weighted by atomic mass is 10.1. The van der Waals surface area contributed by atoms with Gasteiger partial charge in [-0.05, 0) is 20.8 Å². The molecule has 66 valence electrons. The van der Waals surface area contributed by atoms with E-state index in [1.54, 1.807) is 0 Å². The molecule has 2 atom stereocenters. The van der Waals surface area contributed by atoms with Crippen LogP contribution in [0.1, 0.15) is 31.9 Å². The van der Waals surface area contributed by atoms with Crippen molar-refractivity contribution in [2.75, 3.05) is 0 Å². The van der Waals surface area contributed by atoms with Crippen molar-refractivity contribution in [3.63, 3.8) is 0 Å². The molecule has 0 N–H and O–H groups in total. The van der Waals surface area contributed by atoms with Crippen LogP contribution in [0.4, 0.5) is 0 Å². The van der Waals surface area contributed by atoms with Gasteiger partial charge in [0.05, 0.1) is 18.3 Å². The molecule has 1 aliphatic heterocycles. The quantitative estimate of drug-likeness (QED) is 0.588. The number of rotatable bonds is 0. The predicted octanol–water partition coefficient (Wildman–Crippen LogP) is 1.92. The number of fused-ring (bicyclic) bond motifs is 1. The summed E-state index contributed by atoms with van der Waals surface area (Å²) in [5, 5.41) is 4.26. The zero-order valence-electron chi connectivity index (χ0n) is 7.74. The summed E-state index contributed by atoms with van der Waals surface area (Å²) in [7, 11) is 0. The van der Waals surface area contributed by atoms with E-state index in [4.69, 9.17) is 4.74 Å². The van der Waals surface area contributed by atoms with Crippen molar-refractivity contribution in [2.24, 2.45) is 0 Å². The maximum absolute atomic E-state index is 5.67. The molecule has 3 nitrogen and oxygen atoms in total. The molecule has 1 aromatic rings. The molecule has 0 saturated heterocycles. The standard InChI is InChI=1S/C9H14N2O/c1-6-5-10-11-7(2)4-8(3)12-9(6)11/h5,7-8H,4H2,1-3H3. The van der Waals surface area contributed by atoms with Crippen molar-refractivity contribution in [1.29, 1.82) is 0 Å². The minimum absolute atomic E-state index is 0.322.